The van der Waals surface area contributed by atoms with Crippen LogP contribution < -0.4 is 34.4 Å². The molecular formula is C14H30N8O6. The topological polar surface area (TPSA) is 280 Å². The molecule has 0 amide bonds. The number of hydrogen-bond acceptors (Lipinski definition) is 10. The van der Waals surface area contributed by atoms with Gasteiger partial charge in [0.15, 0.2) is 18.2 Å². The van der Waals surface area contributed by atoms with Crippen molar-refractivity contribution in [3.05, 3.63) is 0 Å². The van der Waals surface area contributed by atoms with Gasteiger partial charge in [0.25, 0.3) is 0 Å². The first-order chi connectivity index (χ1) is 13.1. The first-order valence-electron chi connectivity index (χ1n) is 8.73. The molecule has 0 aromatic carbocycles. The van der Waals surface area contributed by atoms with Crippen LogP contribution in [-0.2, 0) is 9.47 Å². The standard InChI is InChI=1S/C14H30N8O6/c15-2-5-8(24)9(25)6(22-14(19)20)12(27-5)28-11-3(16)1-4(21-13(17)18)7(23)10(11)26/h3-12,23-26H,1-2,15-16H2,(H4,17,18,21)(H4,19,20,22)/t3-,4+,5-,6-,7-,8-,9-,10+,11+,12-/m1/s1. The van der Waals surface area contributed by atoms with Crippen molar-refractivity contribution in [2.45, 2.75) is 67.5 Å². The Morgan fingerprint density at radius 2 is 1.54 bits per heavy atom. The second kappa shape index (κ2) is 9.15. The van der Waals surface area contributed by atoms with Gasteiger partial charge in [0.05, 0.1) is 6.04 Å². The van der Waals surface area contributed by atoms with E-state index in [9.17, 15) is 20.4 Å². The molecule has 10 atom stereocenters. The van der Waals surface area contributed by atoms with E-state index in [0.717, 1.165) is 0 Å². The van der Waals surface area contributed by atoms with Crippen LogP contribution in [0, 0.1) is 0 Å². The molecule has 2 aliphatic rings. The molecule has 1 aliphatic heterocycles. The number of nitrogens with two attached hydrogens (primary N) is 6. The summed E-state index contributed by atoms with van der Waals surface area (Å²) in [5.74, 6) is -0.629. The minimum Gasteiger partial charge on any atom is -0.388 e. The number of aliphatic hydroxyl groups excluding tert-OH is 4. The zero-order valence-electron chi connectivity index (χ0n) is 15.2. The van der Waals surface area contributed by atoms with Crippen molar-refractivity contribution in [3.63, 3.8) is 0 Å². The first kappa shape index (κ1) is 22.5. The van der Waals surface area contributed by atoms with Crippen molar-refractivity contribution >= 4 is 11.9 Å². The molecule has 0 radical (unpaired) electrons. The number of hydrogen-bond donors (Lipinski definition) is 10. The second-order valence-electron chi connectivity index (χ2n) is 6.91. The maximum atomic E-state index is 10.4. The third-order valence-corrected chi connectivity index (χ3v) is 4.82. The number of ether oxygens (including phenoxy) is 2. The summed E-state index contributed by atoms with van der Waals surface area (Å²) in [5.41, 5.74) is 33.0. The lowest BCUT2D eigenvalue weighted by molar-refractivity contribution is -0.287. The predicted molar refractivity (Wildman–Crippen MR) is 98.4 cm³/mol. The van der Waals surface area contributed by atoms with Gasteiger partial charge in [0.2, 0.25) is 0 Å². The number of nitrogens with zero attached hydrogens (tertiary/aromatic N) is 2. The Morgan fingerprint density at radius 3 is 2.07 bits per heavy atom. The molecule has 14 nitrogen and oxygen atoms in total. The van der Waals surface area contributed by atoms with E-state index in [-0.39, 0.29) is 24.9 Å². The van der Waals surface area contributed by atoms with Gasteiger partial charge in [-0.05, 0) is 6.42 Å². The van der Waals surface area contributed by atoms with Gasteiger partial charge in [-0.25, -0.2) is 9.98 Å². The van der Waals surface area contributed by atoms with Gasteiger partial charge in [0.1, 0.15) is 42.7 Å². The fourth-order valence-corrected chi connectivity index (χ4v) is 3.42. The lowest BCUT2D eigenvalue weighted by atomic mass is 9.84. The lowest BCUT2D eigenvalue weighted by Gasteiger charge is -2.45. The largest absolute Gasteiger partial charge is 0.388 e. The number of aliphatic imine (C=N–C) groups is 2. The fraction of sp³-hybridized carbons (Fsp3) is 0.857. The van der Waals surface area contributed by atoms with Gasteiger partial charge in [-0.3, -0.25) is 0 Å². The van der Waals surface area contributed by atoms with Crippen molar-refractivity contribution in [1.82, 2.24) is 0 Å². The highest BCUT2D eigenvalue weighted by Gasteiger charge is 2.49. The summed E-state index contributed by atoms with van der Waals surface area (Å²) in [7, 11) is 0. The summed E-state index contributed by atoms with van der Waals surface area (Å²) >= 11 is 0. The fourth-order valence-electron chi connectivity index (χ4n) is 3.42. The third kappa shape index (κ3) is 4.79. The average Bonchev–Trinajstić information content (AvgIpc) is 2.61. The number of aliphatic hydroxyl groups is 4. The second-order valence-corrected chi connectivity index (χ2v) is 6.91. The van der Waals surface area contributed by atoms with E-state index in [2.05, 4.69) is 9.98 Å². The molecule has 1 saturated carbocycles. The molecule has 0 bridgehead atoms. The molecule has 2 rings (SSSR count). The number of rotatable bonds is 5. The molecule has 16 N–H and O–H groups in total. The lowest BCUT2D eigenvalue weighted by Crippen LogP contribution is -2.64. The molecule has 1 aliphatic carbocycles. The van der Waals surface area contributed by atoms with Gasteiger partial charge >= 0.3 is 0 Å². The van der Waals surface area contributed by atoms with Crippen molar-refractivity contribution in [1.29, 1.82) is 0 Å². The van der Waals surface area contributed by atoms with Crippen LogP contribution in [0.3, 0.4) is 0 Å². The van der Waals surface area contributed by atoms with Crippen molar-refractivity contribution < 1.29 is 29.9 Å². The SMILES string of the molecule is NC[C@H]1O[C@H](O[C@@H]2[C@@H](O)[C@H](O)[C@@H](N=C(N)N)C[C@H]2N)[C@H](N=C(N)N)[C@@H](O)[C@@H]1O. The maximum absolute atomic E-state index is 10.4. The predicted octanol–water partition coefficient (Wildman–Crippen LogP) is -6.49. The maximum Gasteiger partial charge on any atom is 0.186 e. The monoisotopic (exact) mass is 406 g/mol. The van der Waals surface area contributed by atoms with Gasteiger partial charge in [-0.1, -0.05) is 0 Å². The zero-order valence-corrected chi connectivity index (χ0v) is 15.2. The molecule has 0 spiro atoms. The summed E-state index contributed by atoms with van der Waals surface area (Å²) in [5, 5.41) is 41.2. The normalized spacial score (nSPS) is 43.9. The molecule has 1 saturated heterocycles. The van der Waals surface area contributed by atoms with E-state index < -0.39 is 61.0 Å². The van der Waals surface area contributed by atoms with Crippen LogP contribution >= 0.6 is 0 Å². The van der Waals surface area contributed by atoms with Crippen LogP contribution in [0.4, 0.5) is 0 Å². The van der Waals surface area contributed by atoms with E-state index in [4.69, 9.17) is 43.9 Å². The van der Waals surface area contributed by atoms with E-state index in [0.29, 0.717) is 0 Å². The van der Waals surface area contributed by atoms with Crippen LogP contribution in [0.25, 0.3) is 0 Å². The average molecular weight is 406 g/mol. The van der Waals surface area contributed by atoms with E-state index in [1.165, 1.54) is 0 Å². The molecule has 0 unspecified atom stereocenters. The minimum atomic E-state index is -1.47. The van der Waals surface area contributed by atoms with Crippen molar-refractivity contribution in [2.24, 2.45) is 44.4 Å². The molecule has 1 heterocycles. The van der Waals surface area contributed by atoms with Gasteiger partial charge in [-0.2, -0.15) is 0 Å². The Bertz CT molecular complexity index is 586. The van der Waals surface area contributed by atoms with Gasteiger partial charge in [-0.15, -0.1) is 0 Å². The Kier molecular flexibility index (Phi) is 7.35. The van der Waals surface area contributed by atoms with Gasteiger partial charge in [0, 0.05) is 12.6 Å². The van der Waals surface area contributed by atoms with Crippen molar-refractivity contribution in [3.8, 4) is 0 Å². The van der Waals surface area contributed by atoms with Crippen molar-refractivity contribution in [2.75, 3.05) is 6.54 Å². The Labute approximate surface area is 161 Å². The van der Waals surface area contributed by atoms with Crippen LogP contribution in [0.5, 0.6) is 0 Å². The summed E-state index contributed by atoms with van der Waals surface area (Å²) in [6.45, 7) is -0.124. The molecule has 0 aromatic rings. The summed E-state index contributed by atoms with van der Waals surface area (Å²) in [6, 6.07) is -2.83. The molecule has 162 valence electrons. The Hall–Kier alpha value is -1.78. The highest BCUT2D eigenvalue weighted by Crippen LogP contribution is 2.30. The van der Waals surface area contributed by atoms with E-state index in [1.807, 2.05) is 0 Å². The summed E-state index contributed by atoms with van der Waals surface area (Å²) in [4.78, 5) is 7.69. The molecule has 28 heavy (non-hydrogen) atoms. The van der Waals surface area contributed by atoms with E-state index in [1.54, 1.807) is 0 Å². The highest BCUT2D eigenvalue weighted by molar-refractivity contribution is 5.76. The molecule has 0 aromatic heterocycles. The van der Waals surface area contributed by atoms with Crippen LogP contribution in [0.15, 0.2) is 9.98 Å². The number of guanidine groups is 2. The zero-order chi connectivity index (χ0) is 21.2. The summed E-state index contributed by atoms with van der Waals surface area (Å²) < 4.78 is 11.3. The minimum absolute atomic E-state index is 0.103. The first-order valence-corrected chi connectivity index (χ1v) is 8.73. The van der Waals surface area contributed by atoms with Crippen LogP contribution in [0.2, 0.25) is 0 Å². The molecular weight excluding hydrogens is 376 g/mol. The third-order valence-electron chi connectivity index (χ3n) is 4.82. The molecule has 2 fully saturated rings. The Balaban J connectivity index is 2.22. The van der Waals surface area contributed by atoms with Crippen LogP contribution in [0.1, 0.15) is 6.42 Å². The van der Waals surface area contributed by atoms with Gasteiger partial charge < -0.3 is 64.3 Å². The smallest absolute Gasteiger partial charge is 0.186 e. The highest BCUT2D eigenvalue weighted by atomic mass is 16.7. The Morgan fingerprint density at radius 1 is 0.929 bits per heavy atom. The van der Waals surface area contributed by atoms with E-state index >= 15 is 0 Å². The van der Waals surface area contributed by atoms with Crippen LogP contribution in [-0.4, -0.2) is 99.9 Å². The molecule has 14 heteroatoms. The summed E-state index contributed by atoms with van der Waals surface area (Å²) in [6.07, 6.45) is -8.94. The quantitative estimate of drug-likeness (QED) is 0.151.